The number of rotatable bonds is 8. The molecule has 192 valence electrons. The average molecular weight is 491 g/mol. The van der Waals surface area contributed by atoms with E-state index in [9.17, 15) is 4.79 Å². The molecule has 3 aromatic rings. The Labute approximate surface area is 213 Å². The summed E-state index contributed by atoms with van der Waals surface area (Å²) in [5.74, 6) is 1.65. The summed E-state index contributed by atoms with van der Waals surface area (Å²) < 4.78 is 2.26. The number of nitrogens with one attached hydrogen (secondary N) is 1. The maximum atomic E-state index is 13.1. The molecular weight excluding hydrogens is 452 g/mol. The van der Waals surface area contributed by atoms with Crippen LogP contribution in [0.2, 0.25) is 0 Å². The molecule has 9 nitrogen and oxygen atoms in total. The van der Waals surface area contributed by atoms with E-state index < -0.39 is 0 Å². The van der Waals surface area contributed by atoms with Gasteiger partial charge in [-0.2, -0.15) is 9.97 Å². The molecule has 1 saturated carbocycles. The SMILES string of the molecule is CCN(CC)C(=O)C1CCCN(c2nc(NCc3cccnc3)c3ncn(C4CCCCC4)c3n2)C1. The van der Waals surface area contributed by atoms with Crippen molar-refractivity contribution >= 4 is 28.8 Å². The Morgan fingerprint density at radius 2 is 1.94 bits per heavy atom. The van der Waals surface area contributed by atoms with Crippen molar-refractivity contribution in [2.24, 2.45) is 5.92 Å². The zero-order valence-electron chi connectivity index (χ0n) is 21.6. The number of hydrogen-bond donors (Lipinski definition) is 1. The van der Waals surface area contributed by atoms with Gasteiger partial charge < -0.3 is 19.7 Å². The number of carbonyl (C=O) groups excluding carboxylic acids is 1. The van der Waals surface area contributed by atoms with Crippen LogP contribution in [0.1, 0.15) is 70.4 Å². The van der Waals surface area contributed by atoms with Crippen molar-refractivity contribution in [1.29, 1.82) is 0 Å². The van der Waals surface area contributed by atoms with Gasteiger partial charge in [0.25, 0.3) is 0 Å². The van der Waals surface area contributed by atoms with Gasteiger partial charge in [-0.1, -0.05) is 25.3 Å². The number of nitrogens with zero attached hydrogens (tertiary/aromatic N) is 7. The summed E-state index contributed by atoms with van der Waals surface area (Å²) in [6, 6.07) is 4.42. The molecule has 1 aliphatic carbocycles. The van der Waals surface area contributed by atoms with Gasteiger partial charge in [0.15, 0.2) is 17.0 Å². The van der Waals surface area contributed by atoms with Gasteiger partial charge in [0, 0.05) is 51.2 Å². The van der Waals surface area contributed by atoms with Crippen molar-refractivity contribution in [1.82, 2.24) is 29.4 Å². The summed E-state index contributed by atoms with van der Waals surface area (Å²) in [4.78, 5) is 36.3. The van der Waals surface area contributed by atoms with Crippen LogP contribution in [-0.2, 0) is 11.3 Å². The van der Waals surface area contributed by atoms with Gasteiger partial charge in [-0.05, 0) is 51.2 Å². The zero-order chi connectivity index (χ0) is 24.9. The second-order valence-corrected chi connectivity index (χ2v) is 10.00. The van der Waals surface area contributed by atoms with Crippen LogP contribution < -0.4 is 10.2 Å². The maximum absolute atomic E-state index is 13.1. The van der Waals surface area contributed by atoms with Gasteiger partial charge in [0.1, 0.15) is 0 Å². The fraction of sp³-hybridized carbons (Fsp3) is 0.593. The van der Waals surface area contributed by atoms with Gasteiger partial charge in [-0.3, -0.25) is 9.78 Å². The molecule has 9 heteroatoms. The van der Waals surface area contributed by atoms with Crippen LogP contribution in [0.15, 0.2) is 30.9 Å². The lowest BCUT2D eigenvalue weighted by Crippen LogP contribution is -2.45. The largest absolute Gasteiger partial charge is 0.364 e. The predicted octanol–water partition coefficient (Wildman–Crippen LogP) is 4.42. The molecule has 0 spiro atoms. The standard InChI is InChI=1S/C27H38N8O/c1-3-33(4-2)26(36)21-11-9-15-34(18-21)27-31-24(29-17-20-10-8-14-28-16-20)23-25(32-27)35(19-30-23)22-12-6-5-7-13-22/h8,10,14,16,19,21-22H,3-7,9,11-13,15,17-18H2,1-2H3,(H,29,31,32). The van der Waals surface area contributed by atoms with Crippen LogP contribution in [0.25, 0.3) is 11.2 Å². The van der Waals surface area contributed by atoms with Crippen LogP contribution in [0.5, 0.6) is 0 Å². The number of anilines is 2. The first-order valence-electron chi connectivity index (χ1n) is 13.6. The Morgan fingerprint density at radius 1 is 1.11 bits per heavy atom. The molecule has 1 aliphatic heterocycles. The minimum atomic E-state index is -0.0204. The molecule has 4 heterocycles. The first kappa shape index (κ1) is 24.5. The van der Waals surface area contributed by atoms with Gasteiger partial charge >= 0.3 is 0 Å². The van der Waals surface area contributed by atoms with Crippen LogP contribution in [-0.4, -0.2) is 61.5 Å². The monoisotopic (exact) mass is 490 g/mol. The lowest BCUT2D eigenvalue weighted by molar-refractivity contribution is -0.135. The second kappa shape index (κ2) is 11.2. The number of carbonyl (C=O) groups is 1. The third-order valence-electron chi connectivity index (χ3n) is 7.69. The maximum Gasteiger partial charge on any atom is 0.229 e. The molecule has 5 rings (SSSR count). The molecular formula is C27H38N8O. The van der Waals surface area contributed by atoms with E-state index >= 15 is 0 Å². The van der Waals surface area contributed by atoms with E-state index in [1.807, 2.05) is 43.4 Å². The van der Waals surface area contributed by atoms with Crippen LogP contribution in [0.4, 0.5) is 11.8 Å². The van der Waals surface area contributed by atoms with Crippen LogP contribution in [0.3, 0.4) is 0 Å². The smallest absolute Gasteiger partial charge is 0.229 e. The molecule has 36 heavy (non-hydrogen) atoms. The minimum absolute atomic E-state index is 0.0204. The number of fused-ring (bicyclic) bond motifs is 1. The molecule has 1 saturated heterocycles. The molecule has 1 amide bonds. The summed E-state index contributed by atoms with van der Waals surface area (Å²) in [5, 5.41) is 3.50. The lowest BCUT2D eigenvalue weighted by atomic mass is 9.95. The average Bonchev–Trinajstić information content (AvgIpc) is 3.38. The molecule has 2 fully saturated rings. The highest BCUT2D eigenvalue weighted by Crippen LogP contribution is 2.33. The van der Waals surface area contributed by atoms with E-state index in [0.29, 0.717) is 25.1 Å². The fourth-order valence-electron chi connectivity index (χ4n) is 5.64. The van der Waals surface area contributed by atoms with Crippen molar-refractivity contribution in [3.05, 3.63) is 36.4 Å². The van der Waals surface area contributed by atoms with Crippen molar-refractivity contribution in [2.75, 3.05) is 36.4 Å². The van der Waals surface area contributed by atoms with E-state index in [2.05, 4.69) is 19.8 Å². The molecule has 1 unspecified atom stereocenters. The number of amides is 1. The van der Waals surface area contributed by atoms with E-state index in [0.717, 1.165) is 67.9 Å². The number of hydrogen-bond acceptors (Lipinski definition) is 7. The summed E-state index contributed by atoms with van der Waals surface area (Å²) >= 11 is 0. The first-order valence-corrected chi connectivity index (χ1v) is 13.6. The number of pyridine rings is 1. The van der Waals surface area contributed by atoms with Gasteiger partial charge in [0.2, 0.25) is 11.9 Å². The molecule has 0 aromatic carbocycles. The zero-order valence-corrected chi connectivity index (χ0v) is 21.6. The van der Waals surface area contributed by atoms with Crippen molar-refractivity contribution in [3.8, 4) is 0 Å². The second-order valence-electron chi connectivity index (χ2n) is 10.00. The molecule has 1 N–H and O–H groups in total. The number of imidazole rings is 1. The quantitative estimate of drug-likeness (QED) is 0.500. The molecule has 1 atom stereocenters. The Kier molecular flexibility index (Phi) is 7.63. The van der Waals surface area contributed by atoms with E-state index in [-0.39, 0.29) is 11.8 Å². The van der Waals surface area contributed by atoms with Crippen LogP contribution >= 0.6 is 0 Å². The Bertz CT molecular complexity index is 1150. The highest BCUT2D eigenvalue weighted by Gasteiger charge is 2.30. The van der Waals surface area contributed by atoms with E-state index in [4.69, 9.17) is 15.0 Å². The third kappa shape index (κ3) is 5.15. The summed E-state index contributed by atoms with van der Waals surface area (Å²) in [5.41, 5.74) is 2.78. The highest BCUT2D eigenvalue weighted by atomic mass is 16.2. The van der Waals surface area contributed by atoms with Crippen molar-refractivity contribution < 1.29 is 4.79 Å². The van der Waals surface area contributed by atoms with Crippen LogP contribution in [0, 0.1) is 5.92 Å². The highest BCUT2D eigenvalue weighted by molar-refractivity contribution is 5.85. The Morgan fingerprint density at radius 3 is 2.69 bits per heavy atom. The Balaban J connectivity index is 1.47. The topological polar surface area (TPSA) is 92.1 Å². The predicted molar refractivity (Wildman–Crippen MR) is 142 cm³/mol. The summed E-state index contributed by atoms with van der Waals surface area (Å²) in [6.45, 7) is 7.71. The van der Waals surface area contributed by atoms with Gasteiger partial charge in [-0.25, -0.2) is 4.98 Å². The number of piperidine rings is 1. The normalized spacial score (nSPS) is 18.9. The first-order chi connectivity index (χ1) is 17.7. The van der Waals surface area contributed by atoms with E-state index in [1.165, 1.54) is 19.3 Å². The lowest BCUT2D eigenvalue weighted by Gasteiger charge is -2.34. The Hall–Kier alpha value is -3.23. The summed E-state index contributed by atoms with van der Waals surface area (Å²) in [6.07, 6.45) is 13.6. The molecule has 0 radical (unpaired) electrons. The van der Waals surface area contributed by atoms with Crippen molar-refractivity contribution in [3.63, 3.8) is 0 Å². The third-order valence-corrected chi connectivity index (χ3v) is 7.69. The van der Waals surface area contributed by atoms with Gasteiger partial charge in [-0.15, -0.1) is 0 Å². The fourth-order valence-corrected chi connectivity index (χ4v) is 5.64. The molecule has 0 bridgehead atoms. The van der Waals surface area contributed by atoms with Crippen molar-refractivity contribution in [2.45, 2.75) is 71.4 Å². The molecule has 3 aromatic heterocycles. The number of aromatic nitrogens is 5. The minimum Gasteiger partial charge on any atom is -0.364 e. The summed E-state index contributed by atoms with van der Waals surface area (Å²) in [7, 11) is 0. The molecule has 2 aliphatic rings. The van der Waals surface area contributed by atoms with E-state index in [1.54, 1.807) is 6.20 Å². The van der Waals surface area contributed by atoms with Gasteiger partial charge in [0.05, 0.1) is 12.2 Å².